The molecule has 1 aromatic carbocycles. The third-order valence-electron chi connectivity index (χ3n) is 2.92. The van der Waals surface area contributed by atoms with Crippen molar-refractivity contribution < 1.29 is 9.18 Å². The summed E-state index contributed by atoms with van der Waals surface area (Å²) < 4.78 is 14.4. The first kappa shape index (κ1) is 14.7. The zero-order valence-corrected chi connectivity index (χ0v) is 12.6. The third kappa shape index (κ3) is 2.91. The van der Waals surface area contributed by atoms with Crippen LogP contribution in [0.5, 0.6) is 0 Å². The van der Waals surface area contributed by atoms with Crippen LogP contribution in [-0.2, 0) is 0 Å². The minimum Gasteiger partial charge on any atom is -0.397 e. The maximum Gasteiger partial charge on any atom is 0.263 e. The molecule has 3 N–H and O–H groups in total. The van der Waals surface area contributed by atoms with Crippen molar-refractivity contribution in [1.29, 1.82) is 0 Å². The third-order valence-corrected chi connectivity index (χ3v) is 4.09. The summed E-state index contributed by atoms with van der Waals surface area (Å²) >= 11 is 1.22. The van der Waals surface area contributed by atoms with Gasteiger partial charge in [-0.3, -0.25) is 4.79 Å². The molecule has 2 aromatic rings. The number of nitrogen functional groups attached to an aromatic ring is 1. The lowest BCUT2D eigenvalue weighted by Gasteiger charge is -2.17. The number of anilines is 1. The van der Waals surface area contributed by atoms with Crippen molar-refractivity contribution in [2.24, 2.45) is 0 Å². The Morgan fingerprint density at radius 2 is 2.20 bits per heavy atom. The molecule has 0 radical (unpaired) electrons. The molecule has 1 aromatic heterocycles. The summed E-state index contributed by atoms with van der Waals surface area (Å²) in [5.41, 5.74) is 6.14. The number of benzene rings is 1. The Bertz CT molecular complexity index is 639. The Kier molecular flexibility index (Phi) is 4.25. The molecule has 0 spiro atoms. The molecule has 0 fully saturated rings. The minimum atomic E-state index is -0.392. The number of hydrogen-bond acceptors (Lipinski definition) is 4. The second kappa shape index (κ2) is 5.76. The second-order valence-corrected chi connectivity index (χ2v) is 6.15. The number of amides is 1. The highest BCUT2D eigenvalue weighted by atomic mass is 32.1. The van der Waals surface area contributed by atoms with Crippen LogP contribution in [-0.4, -0.2) is 37.5 Å². The Hall–Kier alpha value is -1.66. The van der Waals surface area contributed by atoms with Crippen molar-refractivity contribution in [2.75, 3.05) is 26.4 Å². The summed E-state index contributed by atoms with van der Waals surface area (Å²) in [5, 5.41) is 3.21. The molecule has 0 saturated carbocycles. The van der Waals surface area contributed by atoms with Crippen LogP contribution in [0.2, 0.25) is 0 Å². The molecule has 1 amide bonds. The van der Waals surface area contributed by atoms with Gasteiger partial charge in [0.1, 0.15) is 10.7 Å². The number of nitrogens with one attached hydrogen (secondary N) is 1. The molecule has 0 aliphatic heterocycles. The fourth-order valence-electron chi connectivity index (χ4n) is 2.18. The molecule has 0 aliphatic carbocycles. The van der Waals surface area contributed by atoms with E-state index in [1.165, 1.54) is 17.4 Å². The highest BCUT2D eigenvalue weighted by molar-refractivity contribution is 7.21. The first-order valence-electron chi connectivity index (χ1n) is 6.32. The molecule has 1 atom stereocenters. The predicted molar refractivity (Wildman–Crippen MR) is 81.7 cm³/mol. The van der Waals surface area contributed by atoms with E-state index in [0.717, 1.165) is 6.54 Å². The van der Waals surface area contributed by atoms with Crippen LogP contribution in [0.4, 0.5) is 10.1 Å². The number of hydrogen-bond donors (Lipinski definition) is 2. The lowest BCUT2D eigenvalue weighted by atomic mass is 10.2. The average Bonchev–Trinajstić information content (AvgIpc) is 2.67. The number of halogens is 1. The zero-order chi connectivity index (χ0) is 14.9. The van der Waals surface area contributed by atoms with Gasteiger partial charge in [0.25, 0.3) is 5.91 Å². The van der Waals surface area contributed by atoms with Gasteiger partial charge in [0, 0.05) is 17.3 Å². The summed E-state index contributed by atoms with van der Waals surface area (Å²) in [7, 11) is 3.87. The highest BCUT2D eigenvalue weighted by Gasteiger charge is 2.19. The van der Waals surface area contributed by atoms with Gasteiger partial charge in [-0.15, -0.1) is 11.3 Å². The van der Waals surface area contributed by atoms with E-state index in [-0.39, 0.29) is 17.6 Å². The van der Waals surface area contributed by atoms with Gasteiger partial charge in [-0.1, -0.05) is 6.07 Å². The van der Waals surface area contributed by atoms with E-state index < -0.39 is 5.82 Å². The molecule has 0 aliphatic rings. The fraction of sp³-hybridized carbons (Fsp3) is 0.357. The van der Waals surface area contributed by atoms with Gasteiger partial charge in [-0.05, 0) is 33.2 Å². The monoisotopic (exact) mass is 295 g/mol. The Labute approximate surface area is 121 Å². The molecule has 20 heavy (non-hydrogen) atoms. The molecular formula is C14H18FN3OS. The molecule has 1 heterocycles. The second-order valence-electron chi connectivity index (χ2n) is 5.09. The smallest absolute Gasteiger partial charge is 0.263 e. The molecule has 108 valence electrons. The number of likely N-dealkylation sites (N-methyl/N-ethyl adjacent to an activating group) is 1. The van der Waals surface area contributed by atoms with Crippen LogP contribution < -0.4 is 11.1 Å². The van der Waals surface area contributed by atoms with E-state index in [2.05, 4.69) is 5.32 Å². The summed E-state index contributed by atoms with van der Waals surface area (Å²) in [6.45, 7) is 2.65. The SMILES string of the molecule is CC(CN(C)C)NC(=O)c1sc2cccc(F)c2c1N. The lowest BCUT2D eigenvalue weighted by Crippen LogP contribution is -2.39. The van der Waals surface area contributed by atoms with Gasteiger partial charge >= 0.3 is 0 Å². The predicted octanol–water partition coefficient (Wildman–Crippen LogP) is 2.30. The van der Waals surface area contributed by atoms with E-state index in [9.17, 15) is 9.18 Å². The summed E-state index contributed by atoms with van der Waals surface area (Å²) in [4.78, 5) is 14.6. The molecule has 0 saturated heterocycles. The van der Waals surface area contributed by atoms with Crippen molar-refractivity contribution in [2.45, 2.75) is 13.0 Å². The van der Waals surface area contributed by atoms with E-state index >= 15 is 0 Å². The highest BCUT2D eigenvalue weighted by Crippen LogP contribution is 2.35. The van der Waals surface area contributed by atoms with Crippen LogP contribution in [0.25, 0.3) is 10.1 Å². The number of thiophene rings is 1. The van der Waals surface area contributed by atoms with Crippen LogP contribution >= 0.6 is 11.3 Å². The summed E-state index contributed by atoms with van der Waals surface area (Å²) in [5.74, 6) is -0.644. The van der Waals surface area contributed by atoms with Gasteiger partial charge in [-0.2, -0.15) is 0 Å². The van der Waals surface area contributed by atoms with Crippen LogP contribution in [0.1, 0.15) is 16.6 Å². The number of nitrogens with zero attached hydrogens (tertiary/aromatic N) is 1. The van der Waals surface area contributed by atoms with Crippen LogP contribution in [0.15, 0.2) is 18.2 Å². The Balaban J connectivity index is 2.27. The largest absolute Gasteiger partial charge is 0.397 e. The van der Waals surface area contributed by atoms with Crippen molar-refractivity contribution >= 4 is 33.0 Å². The number of nitrogens with two attached hydrogens (primary N) is 1. The standard InChI is InChI=1S/C14H18FN3OS/c1-8(7-18(2)3)17-14(19)13-12(16)11-9(15)5-4-6-10(11)20-13/h4-6,8H,7,16H2,1-3H3,(H,17,19). The van der Waals surface area contributed by atoms with Gasteiger partial charge in [-0.25, -0.2) is 4.39 Å². The van der Waals surface area contributed by atoms with Crippen molar-refractivity contribution in [1.82, 2.24) is 10.2 Å². The lowest BCUT2D eigenvalue weighted by molar-refractivity contribution is 0.0939. The quantitative estimate of drug-likeness (QED) is 0.910. The first-order valence-corrected chi connectivity index (χ1v) is 7.14. The van der Waals surface area contributed by atoms with Crippen LogP contribution in [0.3, 0.4) is 0 Å². The van der Waals surface area contributed by atoms with Crippen molar-refractivity contribution in [3.8, 4) is 0 Å². The average molecular weight is 295 g/mol. The molecular weight excluding hydrogens is 277 g/mol. The molecule has 6 heteroatoms. The first-order chi connectivity index (χ1) is 9.40. The minimum absolute atomic E-state index is 0.00745. The maximum atomic E-state index is 13.7. The van der Waals surface area contributed by atoms with E-state index in [0.29, 0.717) is 15.0 Å². The van der Waals surface area contributed by atoms with E-state index in [4.69, 9.17) is 5.73 Å². The molecule has 0 bridgehead atoms. The molecule has 4 nitrogen and oxygen atoms in total. The van der Waals surface area contributed by atoms with E-state index in [1.54, 1.807) is 12.1 Å². The Morgan fingerprint density at radius 3 is 2.80 bits per heavy atom. The molecule has 1 unspecified atom stereocenters. The van der Waals surface area contributed by atoms with Gasteiger partial charge < -0.3 is 16.0 Å². The normalized spacial score (nSPS) is 12.8. The number of fused-ring (bicyclic) bond motifs is 1. The van der Waals surface area contributed by atoms with Gasteiger partial charge in [0.15, 0.2) is 0 Å². The van der Waals surface area contributed by atoms with Gasteiger partial charge in [0.2, 0.25) is 0 Å². The molecule has 2 rings (SSSR count). The number of carbonyl (C=O) groups excluding carboxylic acids is 1. The van der Waals surface area contributed by atoms with Gasteiger partial charge in [0.05, 0.1) is 11.1 Å². The van der Waals surface area contributed by atoms with Crippen LogP contribution in [0, 0.1) is 5.82 Å². The zero-order valence-electron chi connectivity index (χ0n) is 11.7. The number of rotatable bonds is 4. The van der Waals surface area contributed by atoms with E-state index in [1.807, 2.05) is 25.9 Å². The fourth-order valence-corrected chi connectivity index (χ4v) is 3.22. The maximum absolute atomic E-state index is 13.7. The number of carbonyl (C=O) groups is 1. The van der Waals surface area contributed by atoms with Crippen molar-refractivity contribution in [3.63, 3.8) is 0 Å². The topological polar surface area (TPSA) is 58.4 Å². The Morgan fingerprint density at radius 1 is 1.50 bits per heavy atom. The van der Waals surface area contributed by atoms with Crippen molar-refractivity contribution in [3.05, 3.63) is 28.9 Å². The summed E-state index contributed by atoms with van der Waals surface area (Å²) in [6.07, 6.45) is 0. The summed E-state index contributed by atoms with van der Waals surface area (Å²) in [6, 6.07) is 4.72.